The number of amides is 4. The molecule has 15 heteroatoms. The standard InChI is InChI=1S/C20H27N5O9S/c21-11(5-9-1-3-10(26)4-2-9)17(30)23-12(6-15(22)27)18(31)24-13(7-16(28)29)19(32)25-14(8-35)20(33)34/h1-4,11-14,26,35H,5-8,21H2,(H2,22,27)(H,23,30)(H,24,31)(H,25,32)(H,28,29)(H,33,34). The highest BCUT2D eigenvalue weighted by Gasteiger charge is 2.32. The van der Waals surface area contributed by atoms with Crippen molar-refractivity contribution in [1.82, 2.24) is 16.0 Å². The minimum absolute atomic E-state index is 0.00830. The van der Waals surface area contributed by atoms with Crippen LogP contribution >= 0.6 is 12.6 Å². The van der Waals surface area contributed by atoms with Gasteiger partial charge in [0.05, 0.1) is 18.9 Å². The molecule has 192 valence electrons. The van der Waals surface area contributed by atoms with E-state index in [1.165, 1.54) is 24.3 Å². The quantitative estimate of drug-likeness (QED) is 0.115. The molecule has 1 aromatic rings. The third kappa shape index (κ3) is 10.3. The average Bonchev–Trinajstić information content (AvgIpc) is 2.76. The third-order valence-electron chi connectivity index (χ3n) is 4.58. The zero-order valence-electron chi connectivity index (χ0n) is 18.3. The van der Waals surface area contributed by atoms with Crippen LogP contribution in [0.3, 0.4) is 0 Å². The van der Waals surface area contributed by atoms with Gasteiger partial charge in [0.1, 0.15) is 23.9 Å². The lowest BCUT2D eigenvalue weighted by Crippen LogP contribution is -2.58. The molecule has 0 saturated heterocycles. The first-order chi connectivity index (χ1) is 16.3. The summed E-state index contributed by atoms with van der Waals surface area (Å²) in [6.45, 7) is 0. The normalized spacial score (nSPS) is 14.0. The molecule has 0 fully saturated rings. The van der Waals surface area contributed by atoms with Crippen LogP contribution in [-0.2, 0) is 35.2 Å². The third-order valence-corrected chi connectivity index (χ3v) is 4.94. The Hall–Kier alpha value is -3.85. The van der Waals surface area contributed by atoms with E-state index in [4.69, 9.17) is 21.7 Å². The van der Waals surface area contributed by atoms with Crippen molar-refractivity contribution in [2.75, 3.05) is 5.75 Å². The number of rotatable bonds is 14. The van der Waals surface area contributed by atoms with E-state index in [1.54, 1.807) is 0 Å². The summed E-state index contributed by atoms with van der Waals surface area (Å²) in [5.41, 5.74) is 11.6. The molecule has 14 nitrogen and oxygen atoms in total. The van der Waals surface area contributed by atoms with Crippen molar-refractivity contribution >= 4 is 48.2 Å². The van der Waals surface area contributed by atoms with Gasteiger partial charge in [0.2, 0.25) is 23.6 Å². The van der Waals surface area contributed by atoms with E-state index in [0.29, 0.717) is 5.56 Å². The van der Waals surface area contributed by atoms with Gasteiger partial charge in [-0.05, 0) is 24.1 Å². The van der Waals surface area contributed by atoms with Crippen molar-refractivity contribution in [3.8, 4) is 5.75 Å². The minimum Gasteiger partial charge on any atom is -0.508 e. The van der Waals surface area contributed by atoms with E-state index in [0.717, 1.165) is 0 Å². The van der Waals surface area contributed by atoms with Crippen LogP contribution in [0.5, 0.6) is 5.75 Å². The van der Waals surface area contributed by atoms with Crippen LogP contribution in [0, 0.1) is 0 Å². The van der Waals surface area contributed by atoms with Gasteiger partial charge < -0.3 is 42.7 Å². The molecule has 0 aliphatic rings. The Morgan fingerprint density at radius 2 is 1.31 bits per heavy atom. The highest BCUT2D eigenvalue weighted by atomic mass is 32.1. The molecular formula is C20H27N5O9S. The molecule has 10 N–H and O–H groups in total. The fourth-order valence-corrected chi connectivity index (χ4v) is 3.03. The number of carbonyl (C=O) groups is 6. The van der Waals surface area contributed by atoms with Crippen LogP contribution in [0.1, 0.15) is 18.4 Å². The van der Waals surface area contributed by atoms with Gasteiger partial charge in [0.15, 0.2) is 0 Å². The maximum Gasteiger partial charge on any atom is 0.327 e. The first-order valence-corrected chi connectivity index (χ1v) is 10.8. The molecule has 1 rings (SSSR count). The van der Waals surface area contributed by atoms with Crippen molar-refractivity contribution in [2.45, 2.75) is 43.4 Å². The van der Waals surface area contributed by atoms with E-state index in [9.17, 15) is 33.9 Å². The van der Waals surface area contributed by atoms with Crippen molar-refractivity contribution in [2.24, 2.45) is 11.5 Å². The molecule has 0 heterocycles. The zero-order chi connectivity index (χ0) is 26.7. The number of carboxylic acid groups (broad SMARTS) is 2. The van der Waals surface area contributed by atoms with Gasteiger partial charge in [-0.2, -0.15) is 12.6 Å². The van der Waals surface area contributed by atoms with Crippen molar-refractivity contribution < 1.29 is 44.1 Å². The fraction of sp³-hybridized carbons (Fsp3) is 0.400. The average molecular weight is 514 g/mol. The number of aromatic hydroxyl groups is 1. The Morgan fingerprint density at radius 3 is 1.77 bits per heavy atom. The van der Waals surface area contributed by atoms with Gasteiger partial charge in [-0.3, -0.25) is 24.0 Å². The van der Waals surface area contributed by atoms with Crippen LogP contribution in [0.4, 0.5) is 0 Å². The van der Waals surface area contributed by atoms with Crippen LogP contribution in [0.2, 0.25) is 0 Å². The largest absolute Gasteiger partial charge is 0.508 e. The number of primary amides is 1. The summed E-state index contributed by atoms with van der Waals surface area (Å²) in [5.74, 6) is -7.31. The predicted molar refractivity (Wildman–Crippen MR) is 123 cm³/mol. The smallest absolute Gasteiger partial charge is 0.327 e. The summed E-state index contributed by atoms with van der Waals surface area (Å²) in [7, 11) is 0. The van der Waals surface area contributed by atoms with Crippen LogP contribution in [-0.4, -0.2) is 80.8 Å². The summed E-state index contributed by atoms with van der Waals surface area (Å²) in [6, 6.07) is -0.139. The van der Waals surface area contributed by atoms with Crippen molar-refractivity contribution in [1.29, 1.82) is 0 Å². The van der Waals surface area contributed by atoms with Gasteiger partial charge in [-0.1, -0.05) is 12.1 Å². The lowest BCUT2D eigenvalue weighted by molar-refractivity contribution is -0.143. The summed E-state index contributed by atoms with van der Waals surface area (Å²) in [6.07, 6.45) is -1.60. The molecule has 0 spiro atoms. The maximum absolute atomic E-state index is 12.7. The number of nitrogens with one attached hydrogen (secondary N) is 3. The molecule has 0 bridgehead atoms. The first kappa shape index (κ1) is 29.2. The molecule has 0 radical (unpaired) electrons. The SMILES string of the molecule is NC(=O)CC(NC(=O)C(N)Cc1ccc(O)cc1)C(=O)NC(CC(=O)O)C(=O)NC(CS)C(=O)O. The Kier molecular flexibility index (Phi) is 11.5. The number of carbonyl (C=O) groups excluding carboxylic acids is 4. The summed E-state index contributed by atoms with van der Waals surface area (Å²) in [4.78, 5) is 71.3. The van der Waals surface area contributed by atoms with E-state index in [2.05, 4.69) is 23.3 Å². The molecule has 1 aromatic carbocycles. The van der Waals surface area contributed by atoms with Crippen LogP contribution in [0.15, 0.2) is 24.3 Å². The van der Waals surface area contributed by atoms with E-state index >= 15 is 0 Å². The van der Waals surface area contributed by atoms with Gasteiger partial charge in [0.25, 0.3) is 0 Å². The topological polar surface area (TPSA) is 251 Å². The molecule has 4 amide bonds. The second kappa shape index (κ2) is 13.8. The number of phenols is 1. The van der Waals surface area contributed by atoms with Crippen LogP contribution in [0.25, 0.3) is 0 Å². The molecule has 0 aliphatic carbocycles. The Labute approximate surface area is 204 Å². The zero-order valence-corrected chi connectivity index (χ0v) is 19.2. The summed E-state index contributed by atoms with van der Waals surface area (Å²) in [5, 5.41) is 33.8. The molecule has 0 saturated carbocycles. The van der Waals surface area contributed by atoms with E-state index in [-0.39, 0.29) is 17.9 Å². The number of phenolic OH excluding ortho intramolecular Hbond substituents is 1. The number of hydrogen-bond donors (Lipinski definition) is 9. The Balaban J connectivity index is 2.95. The highest BCUT2D eigenvalue weighted by molar-refractivity contribution is 7.80. The van der Waals surface area contributed by atoms with E-state index in [1.807, 2.05) is 5.32 Å². The monoisotopic (exact) mass is 513 g/mol. The Bertz CT molecular complexity index is 957. The number of hydrogen-bond acceptors (Lipinski definition) is 9. The summed E-state index contributed by atoms with van der Waals surface area (Å²) < 4.78 is 0. The number of nitrogens with two attached hydrogens (primary N) is 2. The second-order valence-corrected chi connectivity index (χ2v) is 7.81. The maximum atomic E-state index is 12.7. The van der Waals surface area contributed by atoms with Crippen molar-refractivity contribution in [3.63, 3.8) is 0 Å². The van der Waals surface area contributed by atoms with Gasteiger partial charge in [0, 0.05) is 5.75 Å². The minimum atomic E-state index is -1.74. The number of thiol groups is 1. The number of carboxylic acids is 2. The molecule has 35 heavy (non-hydrogen) atoms. The summed E-state index contributed by atoms with van der Waals surface area (Å²) >= 11 is 3.78. The van der Waals surface area contributed by atoms with Gasteiger partial charge in [-0.15, -0.1) is 0 Å². The molecular weight excluding hydrogens is 486 g/mol. The van der Waals surface area contributed by atoms with Crippen LogP contribution < -0.4 is 27.4 Å². The molecule has 4 atom stereocenters. The number of aliphatic carboxylic acids is 2. The fourth-order valence-electron chi connectivity index (χ4n) is 2.78. The molecule has 0 aliphatic heterocycles. The molecule has 4 unspecified atom stereocenters. The lowest BCUT2D eigenvalue weighted by atomic mass is 10.0. The second-order valence-electron chi connectivity index (χ2n) is 7.45. The van der Waals surface area contributed by atoms with Gasteiger partial charge in [-0.25, -0.2) is 4.79 Å². The predicted octanol–water partition coefficient (Wildman–Crippen LogP) is -2.92. The first-order valence-electron chi connectivity index (χ1n) is 10.1. The van der Waals surface area contributed by atoms with E-state index < -0.39 is 72.6 Å². The molecule has 0 aromatic heterocycles. The lowest BCUT2D eigenvalue weighted by Gasteiger charge is -2.24. The highest BCUT2D eigenvalue weighted by Crippen LogP contribution is 2.11. The van der Waals surface area contributed by atoms with Crippen molar-refractivity contribution in [3.05, 3.63) is 29.8 Å². The number of benzene rings is 1. The van der Waals surface area contributed by atoms with Gasteiger partial charge >= 0.3 is 11.9 Å². The Morgan fingerprint density at radius 1 is 0.829 bits per heavy atom.